The summed E-state index contributed by atoms with van der Waals surface area (Å²) in [5, 5.41) is 6.93. The molecule has 0 atom stereocenters. The second-order valence-corrected chi connectivity index (χ2v) is 18.8. The number of allylic oxidation sites excluding steroid dienone is 11. The zero-order valence-electron chi connectivity index (χ0n) is 29.9. The van der Waals surface area contributed by atoms with Crippen LogP contribution in [0.1, 0.15) is 85.3 Å². The zero-order chi connectivity index (χ0) is 33.9. The lowest BCUT2D eigenvalue weighted by atomic mass is 9.82. The van der Waals surface area contributed by atoms with Gasteiger partial charge in [0.15, 0.2) is 5.54 Å². The fourth-order valence-electron chi connectivity index (χ4n) is 6.48. The van der Waals surface area contributed by atoms with Gasteiger partial charge in [0.1, 0.15) is 6.72 Å². The summed E-state index contributed by atoms with van der Waals surface area (Å²) in [6, 6.07) is 6.78. The molecule has 0 saturated heterocycles. The molecule has 2 aliphatic carbocycles. The fraction of sp³-hybridized carbons (Fsp3) is 0.415. The van der Waals surface area contributed by atoms with E-state index in [-0.39, 0.29) is 17.0 Å². The van der Waals surface area contributed by atoms with Crippen molar-refractivity contribution in [3.8, 4) is 0 Å². The maximum Gasteiger partial charge on any atom is 0.251 e. The molecule has 1 aromatic carbocycles. The molecule has 4 nitrogen and oxygen atoms in total. The number of nitrogens with one attached hydrogen (secondary N) is 3. The molecule has 0 radical (unpaired) electrons. The molecule has 0 bridgehead atoms. The summed E-state index contributed by atoms with van der Waals surface area (Å²) < 4.78 is 0. The number of carbonyl (C=O) groups is 1. The summed E-state index contributed by atoms with van der Waals surface area (Å²) in [5.41, 5.74) is 10.9. The van der Waals surface area contributed by atoms with E-state index in [0.717, 1.165) is 47.2 Å². The maximum absolute atomic E-state index is 13.9. The first-order valence-electron chi connectivity index (χ1n) is 16.6. The Morgan fingerprint density at radius 1 is 1.17 bits per heavy atom. The van der Waals surface area contributed by atoms with Crippen molar-refractivity contribution in [2.24, 2.45) is 0 Å². The van der Waals surface area contributed by atoms with Crippen molar-refractivity contribution in [1.29, 1.82) is 0 Å². The molecule has 1 amide bonds. The van der Waals surface area contributed by atoms with Crippen molar-refractivity contribution in [3.63, 3.8) is 0 Å². The second-order valence-electron chi connectivity index (χ2n) is 14.7. The molecule has 1 aromatic rings. The normalized spacial score (nSPS) is 19.7. The monoisotopic (exact) mass is 638 g/mol. The smallest absolute Gasteiger partial charge is 0.251 e. The molecule has 0 aromatic heterocycles. The van der Waals surface area contributed by atoms with Gasteiger partial charge in [-0.15, -0.1) is 0 Å². The molecule has 5 heteroatoms. The minimum Gasteiger partial charge on any atom is -0.376 e. The van der Waals surface area contributed by atoms with Gasteiger partial charge in [-0.05, 0) is 134 Å². The van der Waals surface area contributed by atoms with E-state index in [9.17, 15) is 4.79 Å². The van der Waals surface area contributed by atoms with Crippen molar-refractivity contribution in [1.82, 2.24) is 5.32 Å². The molecule has 1 aliphatic heterocycles. The summed E-state index contributed by atoms with van der Waals surface area (Å²) in [6.45, 7) is 19.9. The Morgan fingerprint density at radius 2 is 1.91 bits per heavy atom. The van der Waals surface area contributed by atoms with E-state index in [4.69, 9.17) is 0 Å². The molecule has 4 rings (SSSR count). The average molecular weight is 639 g/mol. The van der Waals surface area contributed by atoms with Crippen molar-refractivity contribution >= 4 is 39.5 Å². The number of hydrogen-bond donors (Lipinski definition) is 3. The van der Waals surface area contributed by atoms with Crippen molar-refractivity contribution in [3.05, 3.63) is 111 Å². The van der Waals surface area contributed by atoms with Crippen LogP contribution in [0, 0.1) is 0 Å². The second kappa shape index (κ2) is 14.0. The topological polar surface area (TPSA) is 55.1 Å². The SMILES string of the molecule is C=[NH+]C(C)(C)/C=C(/C)C1=C/C(=C(\C2=CC=CCC=C2C(=O)NCCCC)c2ccc3c(c2)C(C)=CC(C)(C)N3)C(S(C)(C)C)=CC1. The van der Waals surface area contributed by atoms with Gasteiger partial charge in [-0.1, -0.05) is 55.9 Å². The van der Waals surface area contributed by atoms with Crippen LogP contribution in [-0.2, 0) is 4.79 Å². The van der Waals surface area contributed by atoms with Crippen LogP contribution in [0.5, 0.6) is 0 Å². The minimum absolute atomic E-state index is 0.00746. The Labute approximate surface area is 280 Å². The Hall–Kier alpha value is -3.57. The van der Waals surface area contributed by atoms with Crippen LogP contribution in [0.15, 0.2) is 99.6 Å². The van der Waals surface area contributed by atoms with Crippen LogP contribution >= 0.6 is 10.0 Å². The Kier molecular flexibility index (Phi) is 10.8. The highest BCUT2D eigenvalue weighted by Crippen LogP contribution is 2.54. The lowest BCUT2D eigenvalue weighted by Crippen LogP contribution is -2.80. The highest BCUT2D eigenvalue weighted by atomic mass is 32.3. The lowest BCUT2D eigenvalue weighted by Gasteiger charge is -2.35. The largest absolute Gasteiger partial charge is 0.376 e. The first-order chi connectivity index (χ1) is 21.6. The Bertz CT molecular complexity index is 1640. The van der Waals surface area contributed by atoms with Crippen LogP contribution < -0.4 is 15.6 Å². The van der Waals surface area contributed by atoms with Crippen LogP contribution in [0.3, 0.4) is 0 Å². The van der Waals surface area contributed by atoms with Gasteiger partial charge in [-0.3, -0.25) is 4.79 Å². The predicted molar refractivity (Wildman–Crippen MR) is 205 cm³/mol. The fourth-order valence-corrected chi connectivity index (χ4v) is 7.88. The average Bonchev–Trinajstić information content (AvgIpc) is 3.22. The highest BCUT2D eigenvalue weighted by molar-refractivity contribution is 8.35. The van der Waals surface area contributed by atoms with E-state index in [1.54, 1.807) is 0 Å². The summed E-state index contributed by atoms with van der Waals surface area (Å²) in [4.78, 5) is 18.5. The number of benzene rings is 1. The maximum atomic E-state index is 13.9. The van der Waals surface area contributed by atoms with Gasteiger partial charge < -0.3 is 10.6 Å². The predicted octanol–water partition coefficient (Wildman–Crippen LogP) is 8.19. The number of hydrogen-bond acceptors (Lipinski definition) is 2. The molecule has 3 N–H and O–H groups in total. The van der Waals surface area contributed by atoms with Crippen molar-refractivity contribution < 1.29 is 9.79 Å². The number of rotatable bonds is 10. The lowest BCUT2D eigenvalue weighted by molar-refractivity contribution is -0.519. The van der Waals surface area contributed by atoms with Gasteiger partial charge in [0, 0.05) is 37.2 Å². The van der Waals surface area contributed by atoms with E-state index >= 15 is 0 Å². The van der Waals surface area contributed by atoms with Crippen LogP contribution in [0.4, 0.5) is 5.69 Å². The molecular formula is C41H56N3OS+. The molecule has 0 spiro atoms. The molecule has 1 heterocycles. The number of anilines is 1. The number of carbonyl (C=O) groups excluding carboxylic acids is 1. The van der Waals surface area contributed by atoms with Gasteiger partial charge >= 0.3 is 0 Å². The van der Waals surface area contributed by atoms with Gasteiger partial charge in [-0.2, -0.15) is 0 Å². The van der Waals surface area contributed by atoms with E-state index in [1.165, 1.54) is 32.8 Å². The van der Waals surface area contributed by atoms with Crippen molar-refractivity contribution in [2.45, 2.75) is 85.2 Å². The minimum atomic E-state index is -1.14. The standard InChI is InChI=1S/C41H55N3OS/c1-12-13-23-43-39(45)33-18-16-14-15-17-32(33)38(31-19-21-36-34(25-31)29(3)27-41(6,7)44-36)35-24-30(20-22-37(35)46(9,10)11)28(2)26-40(4,5)42-8/h14-15,17-19,21-22,24-27,44H,8,12-13,16,20,23H2,1-7,9-11H3,(H,43,45)/p+1/b28-26-,38-35+. The van der Waals surface area contributed by atoms with E-state index in [1.807, 2.05) is 0 Å². The quantitative estimate of drug-likeness (QED) is 0.179. The highest BCUT2D eigenvalue weighted by Gasteiger charge is 2.30. The molecule has 0 unspecified atom stereocenters. The third kappa shape index (κ3) is 8.22. The molecule has 0 fully saturated rings. The Balaban J connectivity index is 2.07. The molecule has 0 saturated carbocycles. The van der Waals surface area contributed by atoms with Crippen LogP contribution in [0.25, 0.3) is 11.1 Å². The first kappa shape index (κ1) is 35.3. The van der Waals surface area contributed by atoms with E-state index in [2.05, 4.69) is 156 Å². The number of unbranched alkanes of at least 4 members (excludes halogenated alkanes) is 1. The third-order valence-corrected chi connectivity index (χ3v) is 10.5. The molecule has 46 heavy (non-hydrogen) atoms. The van der Waals surface area contributed by atoms with Gasteiger partial charge in [-0.25, -0.2) is 15.0 Å². The summed E-state index contributed by atoms with van der Waals surface area (Å²) in [7, 11) is -1.14. The molecule has 3 aliphatic rings. The molecular weight excluding hydrogens is 583 g/mol. The number of fused-ring (bicyclic) bond motifs is 1. The van der Waals surface area contributed by atoms with Crippen molar-refractivity contribution in [2.75, 3.05) is 30.6 Å². The zero-order valence-corrected chi connectivity index (χ0v) is 30.7. The van der Waals surface area contributed by atoms with Crippen LogP contribution in [0.2, 0.25) is 0 Å². The Morgan fingerprint density at radius 3 is 2.59 bits per heavy atom. The number of amides is 1. The third-order valence-electron chi connectivity index (χ3n) is 8.80. The summed E-state index contributed by atoms with van der Waals surface area (Å²) in [6.07, 6.45) is 28.6. The van der Waals surface area contributed by atoms with Crippen LogP contribution in [-0.4, -0.2) is 49.0 Å². The summed E-state index contributed by atoms with van der Waals surface area (Å²) >= 11 is 0. The van der Waals surface area contributed by atoms with Gasteiger partial charge in [0.05, 0.1) is 5.54 Å². The van der Waals surface area contributed by atoms with Gasteiger partial charge in [0.25, 0.3) is 5.91 Å². The first-order valence-corrected chi connectivity index (χ1v) is 19.5. The van der Waals surface area contributed by atoms with E-state index in [0.29, 0.717) is 13.0 Å². The molecule has 246 valence electrons. The van der Waals surface area contributed by atoms with Gasteiger partial charge in [0.2, 0.25) is 0 Å². The van der Waals surface area contributed by atoms with E-state index < -0.39 is 10.0 Å². The summed E-state index contributed by atoms with van der Waals surface area (Å²) in [5.74, 6) is -0.00746.